The molecule has 0 aliphatic carbocycles. The van der Waals surface area contributed by atoms with Gasteiger partial charge in [0.05, 0.1) is 0 Å². The average molecular weight is 283 g/mol. The van der Waals surface area contributed by atoms with E-state index in [0.717, 1.165) is 31.7 Å². The molecule has 19 heavy (non-hydrogen) atoms. The molecule has 0 spiro atoms. The van der Waals surface area contributed by atoms with E-state index in [2.05, 4.69) is 20.2 Å². The molecule has 1 aromatic rings. The number of thioether (sulfide) groups is 1. The van der Waals surface area contributed by atoms with Gasteiger partial charge in [0.15, 0.2) is 5.16 Å². The van der Waals surface area contributed by atoms with E-state index < -0.39 is 6.09 Å². The van der Waals surface area contributed by atoms with Crippen LogP contribution in [0.15, 0.2) is 11.2 Å². The summed E-state index contributed by atoms with van der Waals surface area (Å²) in [6.07, 6.45) is 2.48. The highest BCUT2D eigenvalue weighted by atomic mass is 32.2. The molecule has 0 saturated carbocycles. The summed E-state index contributed by atoms with van der Waals surface area (Å²) in [6.45, 7) is 1.52. The van der Waals surface area contributed by atoms with E-state index >= 15 is 0 Å². The van der Waals surface area contributed by atoms with Crippen LogP contribution in [-0.2, 0) is 0 Å². The number of hydrogen-bond acceptors (Lipinski definition) is 6. The van der Waals surface area contributed by atoms with Gasteiger partial charge in [-0.15, -0.1) is 0 Å². The smallest absolute Gasteiger partial charge is 0.404 e. The maximum Gasteiger partial charge on any atom is 0.404 e. The van der Waals surface area contributed by atoms with Gasteiger partial charge in [-0.05, 0) is 19.1 Å². The lowest BCUT2D eigenvalue weighted by Crippen LogP contribution is -2.44. The van der Waals surface area contributed by atoms with Crippen molar-refractivity contribution in [3.05, 3.63) is 6.07 Å². The van der Waals surface area contributed by atoms with E-state index in [1.165, 1.54) is 11.8 Å². The van der Waals surface area contributed by atoms with Gasteiger partial charge in [0, 0.05) is 25.2 Å². The molecule has 0 radical (unpaired) electrons. The molecule has 2 rings (SSSR count). The Bertz CT molecular complexity index is 462. The number of amides is 1. The zero-order valence-corrected chi connectivity index (χ0v) is 11.5. The van der Waals surface area contributed by atoms with Crippen LogP contribution in [0.2, 0.25) is 0 Å². The van der Waals surface area contributed by atoms with Crippen molar-refractivity contribution >= 4 is 29.5 Å². The first-order valence-electron chi connectivity index (χ1n) is 6.01. The molecule has 8 heteroatoms. The highest BCUT2D eigenvalue weighted by Crippen LogP contribution is 2.22. The third-order valence-corrected chi connectivity index (χ3v) is 3.59. The van der Waals surface area contributed by atoms with Crippen LogP contribution in [0.3, 0.4) is 0 Å². The maximum atomic E-state index is 10.6. The normalized spacial score (nSPS) is 16.4. The number of nitrogens with zero attached hydrogens (tertiary/aromatic N) is 3. The molecule has 1 saturated heterocycles. The molecule has 0 bridgehead atoms. The number of nitrogen functional groups attached to an aromatic ring is 1. The monoisotopic (exact) mass is 283 g/mol. The Labute approximate surface area is 115 Å². The van der Waals surface area contributed by atoms with Crippen molar-refractivity contribution in [3.63, 3.8) is 0 Å². The summed E-state index contributed by atoms with van der Waals surface area (Å²) < 4.78 is 0. The molecule has 4 N–H and O–H groups in total. The Morgan fingerprint density at radius 1 is 1.53 bits per heavy atom. The van der Waals surface area contributed by atoms with E-state index in [9.17, 15) is 4.79 Å². The molecule has 1 amide bonds. The van der Waals surface area contributed by atoms with Gasteiger partial charge < -0.3 is 21.1 Å². The SMILES string of the molecule is CSc1nc(N)cc(N2CCC(NC(=O)O)CC2)n1. The molecule has 1 aliphatic heterocycles. The van der Waals surface area contributed by atoms with E-state index in [1.54, 1.807) is 6.07 Å². The number of rotatable bonds is 3. The number of aromatic nitrogens is 2. The lowest BCUT2D eigenvalue weighted by atomic mass is 10.1. The molecule has 1 aliphatic rings. The van der Waals surface area contributed by atoms with Crippen LogP contribution in [0, 0.1) is 0 Å². The van der Waals surface area contributed by atoms with Gasteiger partial charge in [-0.3, -0.25) is 0 Å². The van der Waals surface area contributed by atoms with E-state index in [4.69, 9.17) is 10.8 Å². The van der Waals surface area contributed by atoms with Crippen LogP contribution in [0.5, 0.6) is 0 Å². The van der Waals surface area contributed by atoms with Crippen molar-refractivity contribution in [2.24, 2.45) is 0 Å². The molecule has 0 aromatic carbocycles. The summed E-state index contributed by atoms with van der Waals surface area (Å²) in [5, 5.41) is 11.9. The molecule has 0 unspecified atom stereocenters. The van der Waals surface area contributed by atoms with Crippen molar-refractivity contribution in [2.75, 3.05) is 30.0 Å². The summed E-state index contributed by atoms with van der Waals surface area (Å²) in [6, 6.07) is 1.78. The van der Waals surface area contributed by atoms with Crippen molar-refractivity contribution < 1.29 is 9.90 Å². The second-order valence-electron chi connectivity index (χ2n) is 4.35. The Balaban J connectivity index is 2.01. The minimum absolute atomic E-state index is 0.0213. The zero-order chi connectivity index (χ0) is 13.8. The molecule has 2 heterocycles. The third-order valence-electron chi connectivity index (χ3n) is 3.04. The Hall–Kier alpha value is -1.70. The number of carbonyl (C=O) groups is 1. The fraction of sp³-hybridized carbons (Fsp3) is 0.545. The molecule has 1 fully saturated rings. The van der Waals surface area contributed by atoms with Gasteiger partial charge in [-0.25, -0.2) is 14.8 Å². The largest absolute Gasteiger partial charge is 0.465 e. The third kappa shape index (κ3) is 3.63. The zero-order valence-electron chi connectivity index (χ0n) is 10.7. The summed E-state index contributed by atoms with van der Waals surface area (Å²) in [5.41, 5.74) is 5.75. The lowest BCUT2D eigenvalue weighted by molar-refractivity contribution is 0.187. The van der Waals surface area contributed by atoms with E-state index in [0.29, 0.717) is 11.0 Å². The Morgan fingerprint density at radius 3 is 2.79 bits per heavy atom. The summed E-state index contributed by atoms with van der Waals surface area (Å²) in [4.78, 5) is 21.2. The number of nitrogens with one attached hydrogen (secondary N) is 1. The van der Waals surface area contributed by atoms with Crippen LogP contribution in [0.4, 0.5) is 16.4 Å². The summed E-state index contributed by atoms with van der Waals surface area (Å²) >= 11 is 1.45. The first kappa shape index (κ1) is 13.7. The van der Waals surface area contributed by atoms with E-state index in [-0.39, 0.29) is 6.04 Å². The number of hydrogen-bond donors (Lipinski definition) is 3. The Morgan fingerprint density at radius 2 is 2.21 bits per heavy atom. The molecule has 0 atom stereocenters. The predicted molar refractivity (Wildman–Crippen MR) is 74.6 cm³/mol. The average Bonchev–Trinajstić information content (AvgIpc) is 2.38. The van der Waals surface area contributed by atoms with Gasteiger partial charge in [0.2, 0.25) is 0 Å². The van der Waals surface area contributed by atoms with Crippen molar-refractivity contribution in [2.45, 2.75) is 24.0 Å². The van der Waals surface area contributed by atoms with Gasteiger partial charge in [0.1, 0.15) is 11.6 Å². The van der Waals surface area contributed by atoms with Crippen LogP contribution < -0.4 is 16.0 Å². The number of nitrogens with two attached hydrogens (primary N) is 1. The number of carboxylic acid groups (broad SMARTS) is 1. The molecule has 1 aromatic heterocycles. The fourth-order valence-electron chi connectivity index (χ4n) is 2.11. The topological polar surface area (TPSA) is 104 Å². The van der Waals surface area contributed by atoms with Crippen molar-refractivity contribution in [1.29, 1.82) is 0 Å². The van der Waals surface area contributed by atoms with Crippen LogP contribution in [0.25, 0.3) is 0 Å². The molecule has 7 nitrogen and oxygen atoms in total. The van der Waals surface area contributed by atoms with Crippen LogP contribution in [0.1, 0.15) is 12.8 Å². The summed E-state index contributed by atoms with van der Waals surface area (Å²) in [7, 11) is 0. The van der Waals surface area contributed by atoms with E-state index in [1.807, 2.05) is 6.26 Å². The first-order valence-corrected chi connectivity index (χ1v) is 7.24. The Kier molecular flexibility index (Phi) is 4.31. The standard InChI is InChI=1S/C11H17N5O2S/c1-19-10-14-8(12)6-9(15-10)16-4-2-7(3-5-16)13-11(17)18/h6-7,13H,2-5H2,1H3,(H,17,18)(H2,12,14,15). The molecular formula is C11H17N5O2S. The van der Waals surface area contributed by atoms with Gasteiger partial charge in [-0.2, -0.15) is 0 Å². The van der Waals surface area contributed by atoms with Crippen molar-refractivity contribution in [1.82, 2.24) is 15.3 Å². The minimum Gasteiger partial charge on any atom is -0.465 e. The highest BCUT2D eigenvalue weighted by Gasteiger charge is 2.21. The molecule has 104 valence electrons. The number of anilines is 2. The van der Waals surface area contributed by atoms with Crippen molar-refractivity contribution in [3.8, 4) is 0 Å². The molecular weight excluding hydrogens is 266 g/mol. The number of piperidine rings is 1. The van der Waals surface area contributed by atoms with Gasteiger partial charge in [-0.1, -0.05) is 11.8 Å². The second-order valence-corrected chi connectivity index (χ2v) is 5.12. The summed E-state index contributed by atoms with van der Waals surface area (Å²) in [5.74, 6) is 1.27. The quantitative estimate of drug-likeness (QED) is 0.562. The minimum atomic E-state index is -0.964. The van der Waals surface area contributed by atoms with Gasteiger partial charge in [0.25, 0.3) is 0 Å². The first-order chi connectivity index (χ1) is 9.08. The van der Waals surface area contributed by atoms with Crippen LogP contribution >= 0.6 is 11.8 Å². The second kappa shape index (κ2) is 5.96. The maximum absolute atomic E-state index is 10.6. The van der Waals surface area contributed by atoms with Crippen LogP contribution in [-0.4, -0.2) is 46.6 Å². The lowest BCUT2D eigenvalue weighted by Gasteiger charge is -2.32. The highest BCUT2D eigenvalue weighted by molar-refractivity contribution is 7.98. The van der Waals surface area contributed by atoms with Gasteiger partial charge >= 0.3 is 6.09 Å². The predicted octanol–water partition coefficient (Wildman–Crippen LogP) is 1.02. The fourth-order valence-corrected chi connectivity index (χ4v) is 2.49.